The van der Waals surface area contributed by atoms with Crippen molar-refractivity contribution in [1.29, 1.82) is 0 Å². The van der Waals surface area contributed by atoms with Crippen LogP contribution in [0.15, 0.2) is 30.5 Å². The number of piperidine rings is 1. The maximum atomic E-state index is 12.5. The molecule has 0 bridgehead atoms. The fourth-order valence-corrected chi connectivity index (χ4v) is 3.52. The summed E-state index contributed by atoms with van der Waals surface area (Å²) < 4.78 is 2.10. The van der Waals surface area contributed by atoms with Gasteiger partial charge in [0.2, 0.25) is 5.91 Å². The van der Waals surface area contributed by atoms with Crippen LogP contribution in [0.2, 0.25) is 0 Å². The smallest absolute Gasteiger partial charge is 0.222 e. The molecule has 0 spiro atoms. The Kier molecular flexibility index (Phi) is 5.28. The lowest BCUT2D eigenvalue weighted by Crippen LogP contribution is -2.41. The maximum absolute atomic E-state index is 12.5. The third kappa shape index (κ3) is 4.02. The van der Waals surface area contributed by atoms with Gasteiger partial charge in [0.05, 0.1) is 11.7 Å². The zero-order valence-electron chi connectivity index (χ0n) is 14.6. The molecule has 0 aliphatic carbocycles. The first-order valence-corrected chi connectivity index (χ1v) is 8.84. The summed E-state index contributed by atoms with van der Waals surface area (Å²) >= 11 is 0. The lowest BCUT2D eigenvalue weighted by molar-refractivity contribution is -0.133. The molecule has 2 aromatic heterocycles. The van der Waals surface area contributed by atoms with E-state index >= 15 is 0 Å². The second kappa shape index (κ2) is 7.60. The minimum Gasteiger partial charge on any atom is -0.341 e. The van der Waals surface area contributed by atoms with Gasteiger partial charge in [-0.3, -0.25) is 14.5 Å². The van der Waals surface area contributed by atoms with Gasteiger partial charge < -0.3 is 4.90 Å². The Labute approximate surface area is 143 Å². The van der Waals surface area contributed by atoms with Gasteiger partial charge in [-0.1, -0.05) is 6.07 Å². The number of carbonyl (C=O) groups is 1. The quantitative estimate of drug-likeness (QED) is 0.848. The molecule has 1 amide bonds. The molecule has 0 N–H and O–H groups in total. The summed E-state index contributed by atoms with van der Waals surface area (Å²) in [5, 5.41) is 4.60. The highest BCUT2D eigenvalue weighted by atomic mass is 16.2. The minimum absolute atomic E-state index is 0.261. The molecule has 3 rings (SSSR count). The Bertz CT molecular complexity index is 680. The number of hydrogen-bond acceptors (Lipinski definition) is 3. The molecule has 1 saturated heterocycles. The van der Waals surface area contributed by atoms with Gasteiger partial charge in [-0.25, -0.2) is 0 Å². The first kappa shape index (κ1) is 16.7. The zero-order valence-corrected chi connectivity index (χ0v) is 14.6. The van der Waals surface area contributed by atoms with Crippen LogP contribution in [0.4, 0.5) is 0 Å². The van der Waals surface area contributed by atoms with E-state index in [2.05, 4.69) is 27.8 Å². The lowest BCUT2D eigenvalue weighted by atomic mass is 10.0. The SMILES string of the molecule is Cc1cc(C)n([C@H]2CCCN(C(=O)CCCc3ccccn3)C2)n1. The van der Waals surface area contributed by atoms with Crippen molar-refractivity contribution in [3.63, 3.8) is 0 Å². The van der Waals surface area contributed by atoms with Gasteiger partial charge in [-0.05, 0) is 57.7 Å². The summed E-state index contributed by atoms with van der Waals surface area (Å²) in [6.07, 6.45) is 6.27. The van der Waals surface area contributed by atoms with Gasteiger partial charge in [-0.15, -0.1) is 0 Å². The van der Waals surface area contributed by atoms with Crippen molar-refractivity contribution >= 4 is 5.91 Å². The molecule has 1 aliphatic heterocycles. The average molecular weight is 326 g/mol. The number of carbonyl (C=O) groups excluding carboxylic acids is 1. The molecule has 128 valence electrons. The third-order valence-electron chi connectivity index (χ3n) is 4.69. The van der Waals surface area contributed by atoms with Crippen LogP contribution in [-0.4, -0.2) is 38.7 Å². The summed E-state index contributed by atoms with van der Waals surface area (Å²) in [7, 11) is 0. The summed E-state index contributed by atoms with van der Waals surface area (Å²) in [4.78, 5) is 18.9. The Morgan fingerprint density at radius 1 is 1.33 bits per heavy atom. The van der Waals surface area contributed by atoms with E-state index in [1.54, 1.807) is 6.20 Å². The van der Waals surface area contributed by atoms with Crippen molar-refractivity contribution < 1.29 is 4.79 Å². The van der Waals surface area contributed by atoms with E-state index in [-0.39, 0.29) is 5.91 Å². The van der Waals surface area contributed by atoms with Gasteiger partial charge >= 0.3 is 0 Å². The van der Waals surface area contributed by atoms with Crippen LogP contribution < -0.4 is 0 Å². The summed E-state index contributed by atoms with van der Waals surface area (Å²) in [6, 6.07) is 8.35. The van der Waals surface area contributed by atoms with Crippen molar-refractivity contribution in [3.8, 4) is 0 Å². The largest absolute Gasteiger partial charge is 0.341 e. The Morgan fingerprint density at radius 2 is 2.21 bits per heavy atom. The molecule has 1 atom stereocenters. The van der Waals surface area contributed by atoms with Crippen LogP contribution in [0.25, 0.3) is 0 Å². The average Bonchev–Trinajstić information content (AvgIpc) is 2.94. The first-order chi connectivity index (χ1) is 11.6. The highest BCUT2D eigenvalue weighted by Crippen LogP contribution is 2.23. The van der Waals surface area contributed by atoms with Crippen LogP contribution in [0.1, 0.15) is 48.8 Å². The number of likely N-dealkylation sites (tertiary alicyclic amines) is 1. The van der Waals surface area contributed by atoms with Crippen LogP contribution in [0.3, 0.4) is 0 Å². The van der Waals surface area contributed by atoms with E-state index in [4.69, 9.17) is 0 Å². The molecule has 0 aromatic carbocycles. The highest BCUT2D eigenvalue weighted by Gasteiger charge is 2.25. The highest BCUT2D eigenvalue weighted by molar-refractivity contribution is 5.76. The van der Waals surface area contributed by atoms with Crippen molar-refractivity contribution in [2.45, 2.75) is 52.0 Å². The number of amides is 1. The van der Waals surface area contributed by atoms with Crippen molar-refractivity contribution in [1.82, 2.24) is 19.7 Å². The number of hydrogen-bond donors (Lipinski definition) is 0. The fourth-order valence-electron chi connectivity index (χ4n) is 3.52. The van der Waals surface area contributed by atoms with E-state index in [9.17, 15) is 4.79 Å². The summed E-state index contributed by atoms with van der Waals surface area (Å²) in [5.74, 6) is 0.261. The number of aromatic nitrogens is 3. The molecule has 1 fully saturated rings. The molecular formula is C19H26N4O. The van der Waals surface area contributed by atoms with E-state index in [1.165, 1.54) is 5.69 Å². The van der Waals surface area contributed by atoms with Gasteiger partial charge in [-0.2, -0.15) is 5.10 Å². The third-order valence-corrected chi connectivity index (χ3v) is 4.69. The second-order valence-corrected chi connectivity index (χ2v) is 6.68. The van der Waals surface area contributed by atoms with Crippen molar-refractivity contribution in [2.24, 2.45) is 0 Å². The molecule has 0 unspecified atom stereocenters. The van der Waals surface area contributed by atoms with Crippen molar-refractivity contribution in [2.75, 3.05) is 13.1 Å². The first-order valence-electron chi connectivity index (χ1n) is 8.84. The second-order valence-electron chi connectivity index (χ2n) is 6.68. The predicted molar refractivity (Wildman–Crippen MR) is 93.7 cm³/mol. The van der Waals surface area contributed by atoms with Crippen LogP contribution in [0.5, 0.6) is 0 Å². The Hall–Kier alpha value is -2.17. The van der Waals surface area contributed by atoms with Crippen LogP contribution >= 0.6 is 0 Å². The monoisotopic (exact) mass is 326 g/mol. The summed E-state index contributed by atoms with van der Waals surface area (Å²) in [5.41, 5.74) is 3.29. The summed E-state index contributed by atoms with van der Waals surface area (Å²) in [6.45, 7) is 5.77. The van der Waals surface area contributed by atoms with E-state index < -0.39 is 0 Å². The van der Waals surface area contributed by atoms with E-state index in [0.29, 0.717) is 12.5 Å². The minimum atomic E-state index is 0.261. The van der Waals surface area contributed by atoms with Crippen LogP contribution in [0, 0.1) is 13.8 Å². The van der Waals surface area contributed by atoms with Crippen molar-refractivity contribution in [3.05, 3.63) is 47.5 Å². The van der Waals surface area contributed by atoms with Gasteiger partial charge in [0.15, 0.2) is 0 Å². The maximum Gasteiger partial charge on any atom is 0.222 e. The van der Waals surface area contributed by atoms with Gasteiger partial charge in [0.25, 0.3) is 0 Å². The molecule has 0 saturated carbocycles. The number of pyridine rings is 1. The number of nitrogens with zero attached hydrogens (tertiary/aromatic N) is 4. The van der Waals surface area contributed by atoms with Crippen LogP contribution in [-0.2, 0) is 11.2 Å². The number of aryl methyl sites for hydroxylation is 3. The molecule has 1 aliphatic rings. The fraction of sp³-hybridized carbons (Fsp3) is 0.526. The van der Waals surface area contributed by atoms with E-state index in [1.807, 2.05) is 30.0 Å². The molecule has 5 nitrogen and oxygen atoms in total. The predicted octanol–water partition coefficient (Wildman–Crippen LogP) is 3.08. The van der Waals surface area contributed by atoms with E-state index in [0.717, 1.165) is 50.2 Å². The standard InChI is InChI=1S/C19H26N4O/c1-15-13-16(2)23(21-15)18-9-6-12-22(14-18)19(24)10-5-8-17-7-3-4-11-20-17/h3-4,7,11,13,18H,5-6,8-10,12,14H2,1-2H3/t18-/m0/s1. The molecular weight excluding hydrogens is 300 g/mol. The van der Waals surface area contributed by atoms with Gasteiger partial charge in [0, 0.05) is 37.1 Å². The zero-order chi connectivity index (χ0) is 16.9. The molecule has 24 heavy (non-hydrogen) atoms. The topological polar surface area (TPSA) is 51.0 Å². The molecule has 5 heteroatoms. The molecule has 3 heterocycles. The molecule has 0 radical (unpaired) electrons. The Morgan fingerprint density at radius 3 is 2.92 bits per heavy atom. The Balaban J connectivity index is 1.52. The number of rotatable bonds is 5. The normalized spacial score (nSPS) is 17.9. The lowest BCUT2D eigenvalue weighted by Gasteiger charge is -2.33. The molecule has 2 aromatic rings. The van der Waals surface area contributed by atoms with Gasteiger partial charge in [0.1, 0.15) is 0 Å².